The van der Waals surface area contributed by atoms with Crippen LogP contribution >= 0.6 is 34.5 Å². The summed E-state index contributed by atoms with van der Waals surface area (Å²) in [7, 11) is 2.66. The number of hydrogen-bond donors (Lipinski definition) is 1. The van der Waals surface area contributed by atoms with E-state index >= 15 is 0 Å². The minimum Gasteiger partial charge on any atom is -0.494 e. The normalized spacial score (nSPS) is 11.4. The van der Waals surface area contributed by atoms with Gasteiger partial charge in [0, 0.05) is 30.9 Å². The maximum atomic E-state index is 12.1. The highest BCUT2D eigenvalue weighted by Gasteiger charge is 2.14. The molecule has 0 amide bonds. The van der Waals surface area contributed by atoms with Crippen LogP contribution < -0.4 is 11.2 Å². The second-order valence-electron chi connectivity index (χ2n) is 5.22. The van der Waals surface area contributed by atoms with Crippen molar-refractivity contribution in [2.24, 2.45) is 19.1 Å². The van der Waals surface area contributed by atoms with E-state index in [0.29, 0.717) is 20.6 Å². The van der Waals surface area contributed by atoms with Gasteiger partial charge in [-0.2, -0.15) is 0 Å². The first kappa shape index (κ1) is 18.3. The highest BCUT2D eigenvalue weighted by Crippen LogP contribution is 2.34. The molecule has 26 heavy (non-hydrogen) atoms. The summed E-state index contributed by atoms with van der Waals surface area (Å²) in [5, 5.41) is 19.6. The summed E-state index contributed by atoms with van der Waals surface area (Å²) >= 11 is 13.2. The van der Waals surface area contributed by atoms with E-state index < -0.39 is 17.1 Å². The van der Waals surface area contributed by atoms with Gasteiger partial charge in [-0.05, 0) is 18.2 Å². The molecule has 0 fully saturated rings. The van der Waals surface area contributed by atoms with Crippen molar-refractivity contribution in [3.63, 3.8) is 0 Å². The van der Waals surface area contributed by atoms with Crippen molar-refractivity contribution < 1.29 is 5.11 Å². The SMILES string of the molecule is Cn1c(O)c(C=Nc2nnc(-c3ccc(Cl)cc3Cl)s2)c(=O)n(C)c1=O. The minimum atomic E-state index is -0.667. The van der Waals surface area contributed by atoms with Gasteiger partial charge in [0.15, 0.2) is 5.01 Å². The minimum absolute atomic E-state index is 0.129. The van der Waals surface area contributed by atoms with Gasteiger partial charge in [-0.1, -0.05) is 34.5 Å². The Morgan fingerprint density at radius 1 is 1.19 bits per heavy atom. The molecule has 0 radical (unpaired) electrons. The van der Waals surface area contributed by atoms with Gasteiger partial charge in [0.05, 0.1) is 5.02 Å². The third kappa shape index (κ3) is 3.28. The molecule has 0 unspecified atom stereocenters. The largest absolute Gasteiger partial charge is 0.494 e. The molecule has 3 aromatic rings. The van der Waals surface area contributed by atoms with E-state index in [0.717, 1.165) is 26.7 Å². The van der Waals surface area contributed by atoms with Gasteiger partial charge in [-0.3, -0.25) is 13.9 Å². The second-order valence-corrected chi connectivity index (χ2v) is 7.01. The highest BCUT2D eigenvalue weighted by molar-refractivity contribution is 7.18. The number of aromatic nitrogens is 4. The molecule has 0 aliphatic carbocycles. The summed E-state index contributed by atoms with van der Waals surface area (Å²) < 4.78 is 1.82. The van der Waals surface area contributed by atoms with Crippen molar-refractivity contribution in [3.8, 4) is 16.5 Å². The van der Waals surface area contributed by atoms with Crippen LogP contribution in [0.15, 0.2) is 32.8 Å². The zero-order valence-corrected chi connectivity index (χ0v) is 15.8. The Kier molecular flexibility index (Phi) is 4.94. The Bertz CT molecular complexity index is 1150. The second kappa shape index (κ2) is 7.02. The first-order valence-electron chi connectivity index (χ1n) is 7.11. The van der Waals surface area contributed by atoms with E-state index in [4.69, 9.17) is 23.2 Å². The number of nitrogens with zero attached hydrogens (tertiary/aromatic N) is 5. The number of halogens is 2. The van der Waals surface area contributed by atoms with Crippen molar-refractivity contribution in [2.45, 2.75) is 0 Å². The van der Waals surface area contributed by atoms with Gasteiger partial charge < -0.3 is 5.11 Å². The molecule has 0 saturated carbocycles. The number of aromatic hydroxyl groups is 1. The van der Waals surface area contributed by atoms with Crippen LogP contribution in [0, 0.1) is 0 Å². The van der Waals surface area contributed by atoms with E-state index in [1.165, 1.54) is 14.1 Å². The monoisotopic (exact) mass is 411 g/mol. The number of rotatable bonds is 3. The van der Waals surface area contributed by atoms with Crippen LogP contribution in [0.4, 0.5) is 5.13 Å². The predicted octanol–water partition coefficient (Wildman–Crippen LogP) is 2.37. The van der Waals surface area contributed by atoms with Crippen LogP contribution in [0.2, 0.25) is 10.0 Å². The third-order valence-corrected chi connectivity index (χ3v) is 4.96. The van der Waals surface area contributed by atoms with Gasteiger partial charge >= 0.3 is 5.69 Å². The lowest BCUT2D eigenvalue weighted by Gasteiger charge is -2.06. The topological polar surface area (TPSA) is 102 Å². The van der Waals surface area contributed by atoms with Crippen LogP contribution in [0.5, 0.6) is 5.88 Å². The lowest BCUT2D eigenvalue weighted by atomic mass is 10.2. The molecule has 0 bridgehead atoms. The molecular weight excluding hydrogens is 401 g/mol. The molecule has 1 N–H and O–H groups in total. The van der Waals surface area contributed by atoms with Crippen LogP contribution in [-0.2, 0) is 14.1 Å². The molecule has 2 heterocycles. The predicted molar refractivity (Wildman–Crippen MR) is 101 cm³/mol. The van der Waals surface area contributed by atoms with Crippen molar-refractivity contribution in [1.29, 1.82) is 0 Å². The van der Waals surface area contributed by atoms with Crippen molar-refractivity contribution in [2.75, 3.05) is 0 Å². The van der Waals surface area contributed by atoms with Gasteiger partial charge in [-0.25, -0.2) is 9.79 Å². The van der Waals surface area contributed by atoms with E-state index in [9.17, 15) is 14.7 Å². The standard InChI is InChI=1S/C15H11Cl2N5O3S/c1-21-12(23)9(13(24)22(2)15(21)25)6-18-14-20-19-11(26-14)8-4-3-7(16)5-10(8)17/h3-6,23H,1-2H3. The zero-order chi connectivity index (χ0) is 19.0. The Labute approximate surface area is 160 Å². The first-order chi connectivity index (χ1) is 12.3. The number of benzene rings is 1. The quantitative estimate of drug-likeness (QED) is 0.666. The molecule has 0 saturated heterocycles. The summed E-state index contributed by atoms with van der Waals surface area (Å²) in [4.78, 5) is 27.9. The fraction of sp³-hybridized carbons (Fsp3) is 0.133. The van der Waals surface area contributed by atoms with Crippen molar-refractivity contribution in [3.05, 3.63) is 54.6 Å². The zero-order valence-electron chi connectivity index (χ0n) is 13.5. The van der Waals surface area contributed by atoms with Crippen LogP contribution in [0.25, 0.3) is 10.6 Å². The fourth-order valence-electron chi connectivity index (χ4n) is 2.13. The molecule has 3 rings (SSSR count). The molecule has 1 aromatic carbocycles. The molecule has 8 nitrogen and oxygen atoms in total. The van der Waals surface area contributed by atoms with Crippen molar-refractivity contribution >= 4 is 45.9 Å². The summed E-state index contributed by atoms with van der Waals surface area (Å²) in [5.74, 6) is -0.479. The molecule has 134 valence electrons. The average molecular weight is 412 g/mol. The molecule has 0 aliphatic heterocycles. The first-order valence-corrected chi connectivity index (χ1v) is 8.69. The van der Waals surface area contributed by atoms with Gasteiger partial charge in [0.1, 0.15) is 5.56 Å². The smallest absolute Gasteiger partial charge is 0.333 e. The Morgan fingerprint density at radius 2 is 1.92 bits per heavy atom. The molecular formula is C15H11Cl2N5O3S. The van der Waals surface area contributed by atoms with E-state index in [1.807, 2.05) is 0 Å². The molecule has 0 atom stereocenters. The fourth-order valence-corrected chi connectivity index (χ4v) is 3.42. The molecule has 2 aromatic heterocycles. The van der Waals surface area contributed by atoms with Crippen LogP contribution in [-0.4, -0.2) is 30.7 Å². The summed E-state index contributed by atoms with van der Waals surface area (Å²) in [6.45, 7) is 0. The summed E-state index contributed by atoms with van der Waals surface area (Å²) in [5.41, 5.74) is -0.785. The van der Waals surface area contributed by atoms with Crippen LogP contribution in [0.3, 0.4) is 0 Å². The molecule has 0 spiro atoms. The summed E-state index contributed by atoms with van der Waals surface area (Å²) in [6.07, 6.45) is 1.14. The van der Waals surface area contributed by atoms with E-state index in [1.54, 1.807) is 18.2 Å². The lowest BCUT2D eigenvalue weighted by molar-refractivity contribution is 0.410. The average Bonchev–Trinajstić information content (AvgIpc) is 3.07. The maximum absolute atomic E-state index is 12.1. The Morgan fingerprint density at radius 3 is 2.62 bits per heavy atom. The highest BCUT2D eigenvalue weighted by atomic mass is 35.5. The Hall–Kier alpha value is -2.49. The van der Waals surface area contributed by atoms with Gasteiger partial charge in [0.25, 0.3) is 5.56 Å². The lowest BCUT2D eigenvalue weighted by Crippen LogP contribution is -2.38. The van der Waals surface area contributed by atoms with Gasteiger partial charge in [-0.15, -0.1) is 10.2 Å². The summed E-state index contributed by atoms with van der Waals surface area (Å²) in [6, 6.07) is 4.99. The van der Waals surface area contributed by atoms with E-state index in [-0.39, 0.29) is 10.7 Å². The third-order valence-electron chi connectivity index (χ3n) is 3.55. The maximum Gasteiger partial charge on any atom is 0.333 e. The van der Waals surface area contributed by atoms with E-state index in [2.05, 4.69) is 15.2 Å². The Balaban J connectivity index is 1.98. The number of hydrogen-bond acceptors (Lipinski definition) is 7. The molecule has 11 heteroatoms. The van der Waals surface area contributed by atoms with Gasteiger partial charge in [0.2, 0.25) is 11.0 Å². The van der Waals surface area contributed by atoms with Crippen LogP contribution in [0.1, 0.15) is 5.56 Å². The molecule has 0 aliphatic rings. The number of aliphatic imine (C=N–C) groups is 1. The van der Waals surface area contributed by atoms with Crippen molar-refractivity contribution in [1.82, 2.24) is 19.3 Å².